The summed E-state index contributed by atoms with van der Waals surface area (Å²) in [5.41, 5.74) is 1.86. The number of nitriles is 1. The van der Waals surface area contributed by atoms with Gasteiger partial charge in [0.15, 0.2) is 0 Å². The molecule has 1 aromatic rings. The monoisotopic (exact) mass is 272 g/mol. The minimum Gasteiger partial charge on any atom is -0.496 e. The molecule has 0 saturated carbocycles. The topological polar surface area (TPSA) is 56.5 Å². The molecule has 0 aliphatic rings. The zero-order chi connectivity index (χ0) is 15.0. The molecule has 1 atom stereocenters. The number of nitrogens with zero attached hydrogens (tertiary/aromatic N) is 2. The van der Waals surface area contributed by atoms with Crippen LogP contribution in [0.3, 0.4) is 0 Å². The molecular formula is C16H20N2O2. The molecule has 0 aliphatic carbocycles. The first-order chi connectivity index (χ1) is 9.60. The van der Waals surface area contributed by atoms with Crippen LogP contribution in [0.4, 0.5) is 0 Å². The maximum absolute atomic E-state index is 8.85. The van der Waals surface area contributed by atoms with Crippen molar-refractivity contribution in [3.8, 4) is 23.7 Å². The number of methoxy groups -OCH3 is 1. The molecule has 1 unspecified atom stereocenters. The van der Waals surface area contributed by atoms with Gasteiger partial charge in [0.25, 0.3) is 0 Å². The van der Waals surface area contributed by atoms with E-state index in [9.17, 15) is 0 Å². The summed E-state index contributed by atoms with van der Waals surface area (Å²) in [5, 5.41) is 17.6. The second-order valence-corrected chi connectivity index (χ2v) is 4.71. The molecule has 106 valence electrons. The Morgan fingerprint density at radius 2 is 2.20 bits per heavy atom. The second kappa shape index (κ2) is 8.22. The molecule has 0 fully saturated rings. The van der Waals surface area contributed by atoms with E-state index >= 15 is 0 Å². The van der Waals surface area contributed by atoms with Gasteiger partial charge in [-0.3, -0.25) is 0 Å². The van der Waals surface area contributed by atoms with E-state index in [0.29, 0.717) is 13.1 Å². The summed E-state index contributed by atoms with van der Waals surface area (Å²) < 4.78 is 5.35. The minimum absolute atomic E-state index is 0.0108. The normalized spacial score (nSPS) is 11.4. The van der Waals surface area contributed by atoms with Crippen LogP contribution in [-0.2, 0) is 6.54 Å². The van der Waals surface area contributed by atoms with Crippen molar-refractivity contribution >= 4 is 0 Å². The maximum Gasteiger partial charge on any atom is 0.123 e. The van der Waals surface area contributed by atoms with Gasteiger partial charge in [0, 0.05) is 24.2 Å². The molecule has 4 heteroatoms. The lowest BCUT2D eigenvalue weighted by atomic mass is 10.1. The summed E-state index contributed by atoms with van der Waals surface area (Å²) in [4.78, 5) is 2.08. The van der Waals surface area contributed by atoms with Crippen molar-refractivity contribution in [3.63, 3.8) is 0 Å². The SMILES string of the molecule is COc1ccc(C#CCO)cc1CN(C)CC(C)C#N. The van der Waals surface area contributed by atoms with Gasteiger partial charge >= 0.3 is 0 Å². The van der Waals surface area contributed by atoms with Crippen LogP contribution >= 0.6 is 0 Å². The third kappa shape index (κ3) is 4.93. The summed E-state index contributed by atoms with van der Waals surface area (Å²) in [5.74, 6) is 6.31. The van der Waals surface area contributed by atoms with Crippen molar-refractivity contribution < 1.29 is 9.84 Å². The fourth-order valence-electron chi connectivity index (χ4n) is 1.99. The van der Waals surface area contributed by atoms with Crippen LogP contribution in [0.5, 0.6) is 5.75 Å². The molecule has 0 heterocycles. The fourth-order valence-corrected chi connectivity index (χ4v) is 1.99. The molecule has 0 aliphatic heterocycles. The second-order valence-electron chi connectivity index (χ2n) is 4.71. The number of rotatable bonds is 5. The Balaban J connectivity index is 2.88. The van der Waals surface area contributed by atoms with Gasteiger partial charge < -0.3 is 14.7 Å². The van der Waals surface area contributed by atoms with Gasteiger partial charge in [-0.05, 0) is 32.2 Å². The Kier molecular flexibility index (Phi) is 6.59. The van der Waals surface area contributed by atoms with Gasteiger partial charge in [0.05, 0.1) is 19.1 Å². The smallest absolute Gasteiger partial charge is 0.123 e. The zero-order valence-electron chi connectivity index (χ0n) is 12.2. The predicted octanol–water partition coefficient (Wildman–Crippen LogP) is 1.63. The Morgan fingerprint density at radius 3 is 2.80 bits per heavy atom. The lowest BCUT2D eigenvalue weighted by Crippen LogP contribution is -2.23. The molecule has 1 rings (SSSR count). The van der Waals surface area contributed by atoms with Gasteiger partial charge in [-0.15, -0.1) is 0 Å². The number of aliphatic hydroxyl groups is 1. The molecule has 0 spiro atoms. The van der Waals surface area contributed by atoms with E-state index in [1.54, 1.807) is 7.11 Å². The van der Waals surface area contributed by atoms with E-state index in [2.05, 4.69) is 22.8 Å². The Bertz CT molecular complexity index is 538. The standard InChI is InChI=1S/C16H20N2O2/c1-13(10-17)11-18(2)12-15-9-14(5-4-8-19)6-7-16(15)20-3/h6-7,9,13,19H,8,11-12H2,1-3H3. The third-order valence-electron chi connectivity index (χ3n) is 2.84. The summed E-state index contributed by atoms with van der Waals surface area (Å²) in [6, 6.07) is 7.92. The van der Waals surface area contributed by atoms with Crippen molar-refractivity contribution in [3.05, 3.63) is 29.3 Å². The highest BCUT2D eigenvalue weighted by atomic mass is 16.5. The van der Waals surface area contributed by atoms with Crippen LogP contribution in [0.1, 0.15) is 18.1 Å². The highest BCUT2D eigenvalue weighted by Gasteiger charge is 2.10. The van der Waals surface area contributed by atoms with Crippen LogP contribution in [0.15, 0.2) is 18.2 Å². The first kappa shape index (κ1) is 16.0. The Morgan fingerprint density at radius 1 is 1.45 bits per heavy atom. The van der Waals surface area contributed by atoms with Crippen molar-refractivity contribution in [1.29, 1.82) is 5.26 Å². The first-order valence-corrected chi connectivity index (χ1v) is 6.45. The van der Waals surface area contributed by atoms with Gasteiger partial charge in [-0.1, -0.05) is 11.8 Å². The molecule has 1 N–H and O–H groups in total. The van der Waals surface area contributed by atoms with Crippen molar-refractivity contribution in [2.75, 3.05) is 27.3 Å². The Labute approximate surface area is 120 Å². The van der Waals surface area contributed by atoms with Gasteiger partial charge in [0.1, 0.15) is 12.4 Å². The summed E-state index contributed by atoms with van der Waals surface area (Å²) in [7, 11) is 3.61. The first-order valence-electron chi connectivity index (χ1n) is 6.45. The van der Waals surface area contributed by atoms with Crippen LogP contribution in [0, 0.1) is 29.1 Å². The van der Waals surface area contributed by atoms with Crippen molar-refractivity contribution in [2.24, 2.45) is 5.92 Å². The van der Waals surface area contributed by atoms with Gasteiger partial charge in [-0.2, -0.15) is 5.26 Å². The predicted molar refractivity (Wildman–Crippen MR) is 78.1 cm³/mol. The molecule has 20 heavy (non-hydrogen) atoms. The van der Waals surface area contributed by atoms with Gasteiger partial charge in [0.2, 0.25) is 0 Å². The van der Waals surface area contributed by atoms with E-state index in [4.69, 9.17) is 15.1 Å². The quantitative estimate of drug-likeness (QED) is 0.828. The number of benzene rings is 1. The van der Waals surface area contributed by atoms with E-state index in [1.165, 1.54) is 0 Å². The van der Waals surface area contributed by atoms with Crippen LogP contribution in [0.25, 0.3) is 0 Å². The van der Waals surface area contributed by atoms with Crippen LogP contribution in [-0.4, -0.2) is 37.3 Å². The number of hydrogen-bond donors (Lipinski definition) is 1. The average Bonchev–Trinajstić information content (AvgIpc) is 2.45. The summed E-state index contributed by atoms with van der Waals surface area (Å²) in [6.45, 7) is 3.13. The lowest BCUT2D eigenvalue weighted by molar-refractivity contribution is 0.296. The molecule has 0 radical (unpaired) electrons. The molecular weight excluding hydrogens is 252 g/mol. The van der Waals surface area contributed by atoms with E-state index in [0.717, 1.165) is 16.9 Å². The summed E-state index contributed by atoms with van der Waals surface area (Å²) in [6.07, 6.45) is 0. The largest absolute Gasteiger partial charge is 0.496 e. The average molecular weight is 272 g/mol. The molecule has 1 aromatic carbocycles. The van der Waals surface area contributed by atoms with Gasteiger partial charge in [-0.25, -0.2) is 0 Å². The minimum atomic E-state index is -0.152. The van der Waals surface area contributed by atoms with E-state index in [-0.39, 0.29) is 12.5 Å². The zero-order valence-corrected chi connectivity index (χ0v) is 12.2. The highest BCUT2D eigenvalue weighted by Crippen LogP contribution is 2.21. The molecule has 0 saturated heterocycles. The van der Waals surface area contributed by atoms with Crippen molar-refractivity contribution in [1.82, 2.24) is 4.90 Å². The third-order valence-corrected chi connectivity index (χ3v) is 2.84. The molecule has 0 bridgehead atoms. The fraction of sp³-hybridized carbons (Fsp3) is 0.438. The number of ether oxygens (including phenoxy) is 1. The van der Waals surface area contributed by atoms with E-state index < -0.39 is 0 Å². The Hall–Kier alpha value is -2.01. The van der Waals surface area contributed by atoms with Crippen molar-refractivity contribution in [2.45, 2.75) is 13.5 Å². The highest BCUT2D eigenvalue weighted by molar-refractivity contribution is 5.44. The summed E-state index contributed by atoms with van der Waals surface area (Å²) >= 11 is 0. The number of aliphatic hydroxyl groups excluding tert-OH is 1. The van der Waals surface area contributed by atoms with Crippen LogP contribution in [0.2, 0.25) is 0 Å². The molecule has 0 aromatic heterocycles. The maximum atomic E-state index is 8.85. The lowest BCUT2D eigenvalue weighted by Gasteiger charge is -2.19. The number of hydrogen-bond acceptors (Lipinski definition) is 4. The molecule has 4 nitrogen and oxygen atoms in total. The molecule has 0 amide bonds. The van der Waals surface area contributed by atoms with E-state index in [1.807, 2.05) is 32.2 Å². The van der Waals surface area contributed by atoms with Crippen LogP contribution < -0.4 is 4.74 Å².